The summed E-state index contributed by atoms with van der Waals surface area (Å²) >= 11 is 12.6. The minimum absolute atomic E-state index is 0.126. The van der Waals surface area contributed by atoms with E-state index in [1.54, 1.807) is 0 Å². The average Bonchev–Trinajstić information content (AvgIpc) is 2.82. The zero-order valence-corrected chi connectivity index (χ0v) is 21.3. The first kappa shape index (κ1) is 27.6. The first-order valence-electron chi connectivity index (χ1n) is 11.8. The van der Waals surface area contributed by atoms with E-state index in [-0.39, 0.29) is 13.6 Å². The fourth-order valence-electron chi connectivity index (χ4n) is 3.16. The molecule has 0 fully saturated rings. The molecule has 0 saturated carbocycles. The summed E-state index contributed by atoms with van der Waals surface area (Å²) in [6.45, 7) is 5.40. The second-order valence-electron chi connectivity index (χ2n) is 7.93. The molecule has 0 amide bonds. The van der Waals surface area contributed by atoms with Crippen LogP contribution in [-0.4, -0.2) is 13.6 Å². The SMILES string of the molecule is CCCCC=Cc1ccc(Cl)c(COCOCOCc2cc(C=CCCCC)ccc2Cl)c1. The van der Waals surface area contributed by atoms with Gasteiger partial charge in [0.2, 0.25) is 0 Å². The van der Waals surface area contributed by atoms with Crippen LogP contribution in [0.1, 0.15) is 74.6 Å². The van der Waals surface area contributed by atoms with E-state index in [1.807, 2.05) is 36.4 Å². The van der Waals surface area contributed by atoms with Gasteiger partial charge in [-0.25, -0.2) is 0 Å². The maximum absolute atomic E-state index is 6.30. The molecule has 2 rings (SSSR count). The summed E-state index contributed by atoms with van der Waals surface area (Å²) in [7, 11) is 0. The van der Waals surface area contributed by atoms with E-state index in [2.05, 4.69) is 38.2 Å². The van der Waals surface area contributed by atoms with E-state index in [0.717, 1.165) is 35.1 Å². The molecular formula is C28H36Cl2O3. The minimum Gasteiger partial charge on any atom is -0.351 e. The van der Waals surface area contributed by atoms with Crippen LogP contribution in [0.3, 0.4) is 0 Å². The summed E-state index contributed by atoms with van der Waals surface area (Å²) in [6.07, 6.45) is 15.6. The third-order valence-electron chi connectivity index (χ3n) is 5.06. The maximum atomic E-state index is 6.30. The molecule has 3 nitrogen and oxygen atoms in total. The fraction of sp³-hybridized carbons (Fsp3) is 0.429. The quantitative estimate of drug-likeness (QED) is 0.173. The van der Waals surface area contributed by atoms with Crippen molar-refractivity contribution in [1.82, 2.24) is 0 Å². The molecule has 0 aliphatic heterocycles. The highest BCUT2D eigenvalue weighted by Gasteiger charge is 2.03. The van der Waals surface area contributed by atoms with E-state index in [9.17, 15) is 0 Å². The Bertz CT molecular complexity index is 806. The van der Waals surface area contributed by atoms with E-state index in [1.165, 1.54) is 25.7 Å². The first-order valence-corrected chi connectivity index (χ1v) is 12.5. The van der Waals surface area contributed by atoms with Gasteiger partial charge in [-0.3, -0.25) is 0 Å². The van der Waals surface area contributed by atoms with Gasteiger partial charge in [0.15, 0.2) is 0 Å². The van der Waals surface area contributed by atoms with Crippen molar-refractivity contribution in [2.24, 2.45) is 0 Å². The van der Waals surface area contributed by atoms with E-state index < -0.39 is 0 Å². The van der Waals surface area contributed by atoms with Crippen LogP contribution in [0.15, 0.2) is 48.6 Å². The van der Waals surface area contributed by atoms with E-state index in [0.29, 0.717) is 23.3 Å². The van der Waals surface area contributed by atoms with E-state index in [4.69, 9.17) is 37.4 Å². The number of halogens is 2. The lowest BCUT2D eigenvalue weighted by Gasteiger charge is -2.10. The molecule has 0 N–H and O–H groups in total. The van der Waals surface area contributed by atoms with Crippen molar-refractivity contribution < 1.29 is 14.2 Å². The minimum atomic E-state index is 0.126. The van der Waals surface area contributed by atoms with Crippen molar-refractivity contribution in [2.45, 2.75) is 65.6 Å². The van der Waals surface area contributed by atoms with Gasteiger partial charge in [0.25, 0.3) is 0 Å². The van der Waals surface area contributed by atoms with E-state index >= 15 is 0 Å². The van der Waals surface area contributed by atoms with Crippen molar-refractivity contribution in [3.05, 3.63) is 80.8 Å². The Morgan fingerprint density at radius 2 is 1.12 bits per heavy atom. The van der Waals surface area contributed by atoms with Crippen molar-refractivity contribution in [1.29, 1.82) is 0 Å². The zero-order valence-electron chi connectivity index (χ0n) is 19.8. The fourth-order valence-corrected chi connectivity index (χ4v) is 3.50. The second-order valence-corrected chi connectivity index (χ2v) is 8.74. The second kappa shape index (κ2) is 16.9. The highest BCUT2D eigenvalue weighted by Crippen LogP contribution is 2.21. The Hall–Kier alpha value is -1.62. The number of rotatable bonds is 16. The molecule has 2 aromatic rings. The predicted molar refractivity (Wildman–Crippen MR) is 140 cm³/mol. The van der Waals surface area contributed by atoms with Crippen LogP contribution < -0.4 is 0 Å². The molecule has 0 atom stereocenters. The maximum Gasteiger partial charge on any atom is 0.150 e. The van der Waals surface area contributed by atoms with Crippen LogP contribution in [-0.2, 0) is 27.4 Å². The summed E-state index contributed by atoms with van der Waals surface area (Å²) in [5, 5.41) is 1.38. The van der Waals surface area contributed by atoms with Gasteiger partial charge < -0.3 is 14.2 Å². The predicted octanol–water partition coefficient (Wildman–Crippen LogP) is 9.07. The number of benzene rings is 2. The van der Waals surface area contributed by atoms with Gasteiger partial charge in [-0.1, -0.05) is 99.2 Å². The summed E-state index contributed by atoms with van der Waals surface area (Å²) in [6, 6.07) is 11.9. The van der Waals surface area contributed by atoms with Gasteiger partial charge in [-0.15, -0.1) is 0 Å². The summed E-state index contributed by atoms with van der Waals surface area (Å²) in [5.41, 5.74) is 4.12. The molecule has 0 saturated heterocycles. The van der Waals surface area contributed by atoms with Gasteiger partial charge in [0.05, 0.1) is 13.2 Å². The number of hydrogen-bond donors (Lipinski definition) is 0. The third-order valence-corrected chi connectivity index (χ3v) is 5.79. The Labute approximate surface area is 209 Å². The van der Waals surface area contributed by atoms with Crippen LogP contribution in [0.5, 0.6) is 0 Å². The molecule has 5 heteroatoms. The van der Waals surface area contributed by atoms with Crippen molar-refractivity contribution >= 4 is 35.4 Å². The molecule has 0 bridgehead atoms. The highest BCUT2D eigenvalue weighted by molar-refractivity contribution is 6.31. The highest BCUT2D eigenvalue weighted by atomic mass is 35.5. The lowest BCUT2D eigenvalue weighted by Crippen LogP contribution is -2.05. The average molecular weight is 491 g/mol. The molecule has 0 aromatic heterocycles. The Kier molecular flexibility index (Phi) is 14.2. The third kappa shape index (κ3) is 11.4. The summed E-state index contributed by atoms with van der Waals surface area (Å²) in [4.78, 5) is 0. The molecule has 33 heavy (non-hydrogen) atoms. The first-order chi connectivity index (χ1) is 16.1. The molecule has 0 radical (unpaired) electrons. The van der Waals surface area contributed by atoms with Gasteiger partial charge >= 0.3 is 0 Å². The van der Waals surface area contributed by atoms with Crippen molar-refractivity contribution in [3.63, 3.8) is 0 Å². The molecular weight excluding hydrogens is 455 g/mol. The standard InChI is InChI=1S/C28H36Cl2O3/c1-3-5-7-9-11-23-13-15-27(29)25(17-23)19-31-21-33-22-32-20-26-18-24(14-16-28(26)30)12-10-8-6-4-2/h9-18H,3-8,19-22H2,1-2H3. The lowest BCUT2D eigenvalue weighted by molar-refractivity contribution is -0.139. The smallest absolute Gasteiger partial charge is 0.150 e. The van der Waals surface area contributed by atoms with Crippen LogP contribution >= 0.6 is 23.2 Å². The normalized spacial score (nSPS) is 11.8. The molecule has 0 unspecified atom stereocenters. The zero-order chi connectivity index (χ0) is 23.7. The summed E-state index contributed by atoms with van der Waals surface area (Å²) in [5.74, 6) is 0. The number of unbranched alkanes of at least 4 members (excludes halogenated alkanes) is 4. The molecule has 0 spiro atoms. The van der Waals surface area contributed by atoms with Crippen LogP contribution in [0, 0.1) is 0 Å². The molecule has 0 aliphatic rings. The Morgan fingerprint density at radius 3 is 1.55 bits per heavy atom. The molecule has 2 aromatic carbocycles. The number of ether oxygens (including phenoxy) is 3. The number of allylic oxidation sites excluding steroid dienone is 2. The van der Waals surface area contributed by atoms with Crippen LogP contribution in [0.25, 0.3) is 12.2 Å². The van der Waals surface area contributed by atoms with Crippen molar-refractivity contribution in [2.75, 3.05) is 13.6 Å². The molecule has 180 valence electrons. The van der Waals surface area contributed by atoms with Crippen molar-refractivity contribution in [3.8, 4) is 0 Å². The largest absolute Gasteiger partial charge is 0.351 e. The molecule has 0 aliphatic carbocycles. The number of hydrogen-bond acceptors (Lipinski definition) is 3. The van der Waals surface area contributed by atoms with Gasteiger partial charge in [-0.2, -0.15) is 0 Å². The molecule has 0 heterocycles. The topological polar surface area (TPSA) is 27.7 Å². The summed E-state index contributed by atoms with van der Waals surface area (Å²) < 4.78 is 16.7. The van der Waals surface area contributed by atoms with Crippen LogP contribution in [0.2, 0.25) is 10.0 Å². The monoisotopic (exact) mass is 490 g/mol. The lowest BCUT2D eigenvalue weighted by atomic mass is 10.1. The van der Waals surface area contributed by atoms with Gasteiger partial charge in [-0.05, 0) is 59.4 Å². The van der Waals surface area contributed by atoms with Crippen LogP contribution in [0.4, 0.5) is 0 Å². The Balaban J connectivity index is 1.69. The van der Waals surface area contributed by atoms with Gasteiger partial charge in [0.1, 0.15) is 13.6 Å². The Morgan fingerprint density at radius 1 is 0.667 bits per heavy atom. The van der Waals surface area contributed by atoms with Gasteiger partial charge in [0, 0.05) is 10.0 Å².